The topological polar surface area (TPSA) is 99.8 Å². The SMILES string of the molecule is CCc1noc(CC)c1CNC(=NC)NCc1ccc(S(=O)(=O)N(C)C(C)C)cc1.I. The number of sulfonamides is 1. The van der Waals surface area contributed by atoms with Crippen molar-refractivity contribution in [1.29, 1.82) is 0 Å². The normalized spacial score (nSPS) is 12.2. The van der Waals surface area contributed by atoms with Crippen LogP contribution in [0.2, 0.25) is 0 Å². The third-order valence-corrected chi connectivity index (χ3v) is 7.10. The summed E-state index contributed by atoms with van der Waals surface area (Å²) in [4.78, 5) is 4.54. The number of hydrogen-bond donors (Lipinski definition) is 2. The minimum absolute atomic E-state index is 0. The maximum atomic E-state index is 12.6. The van der Waals surface area contributed by atoms with Gasteiger partial charge in [0.1, 0.15) is 5.76 Å². The van der Waals surface area contributed by atoms with Gasteiger partial charge in [0, 0.05) is 45.2 Å². The largest absolute Gasteiger partial charge is 0.361 e. The number of halogens is 1. The maximum absolute atomic E-state index is 12.6. The second-order valence-corrected chi connectivity index (χ2v) is 9.27. The molecule has 0 aliphatic heterocycles. The minimum Gasteiger partial charge on any atom is -0.361 e. The van der Waals surface area contributed by atoms with Crippen LogP contribution in [0, 0.1) is 0 Å². The summed E-state index contributed by atoms with van der Waals surface area (Å²) in [5, 5.41) is 10.7. The Morgan fingerprint density at radius 2 is 1.74 bits per heavy atom. The zero-order valence-electron chi connectivity index (χ0n) is 19.1. The molecule has 2 N–H and O–H groups in total. The van der Waals surface area contributed by atoms with Crippen LogP contribution in [0.1, 0.15) is 50.3 Å². The lowest BCUT2D eigenvalue weighted by molar-refractivity contribution is 0.380. The van der Waals surface area contributed by atoms with Crippen molar-refractivity contribution >= 4 is 40.0 Å². The molecule has 0 aliphatic carbocycles. The van der Waals surface area contributed by atoms with E-state index >= 15 is 0 Å². The predicted molar refractivity (Wildman–Crippen MR) is 134 cm³/mol. The van der Waals surface area contributed by atoms with Crippen LogP contribution in [-0.2, 0) is 36.0 Å². The summed E-state index contributed by atoms with van der Waals surface area (Å²) in [5.41, 5.74) is 2.99. The molecule has 174 valence electrons. The Labute approximate surface area is 202 Å². The van der Waals surface area contributed by atoms with Crippen molar-refractivity contribution in [3.05, 3.63) is 46.8 Å². The van der Waals surface area contributed by atoms with E-state index in [-0.39, 0.29) is 34.9 Å². The van der Waals surface area contributed by atoms with E-state index in [9.17, 15) is 8.42 Å². The van der Waals surface area contributed by atoms with Crippen LogP contribution in [-0.4, -0.2) is 44.0 Å². The smallest absolute Gasteiger partial charge is 0.243 e. The molecule has 1 heterocycles. The summed E-state index contributed by atoms with van der Waals surface area (Å²) in [6.07, 6.45) is 1.60. The van der Waals surface area contributed by atoms with Crippen molar-refractivity contribution in [2.24, 2.45) is 4.99 Å². The highest BCUT2D eigenvalue weighted by atomic mass is 127. The van der Waals surface area contributed by atoms with Crippen LogP contribution in [0.25, 0.3) is 0 Å². The third-order valence-electron chi connectivity index (χ3n) is 5.05. The average molecular weight is 564 g/mol. The Morgan fingerprint density at radius 3 is 2.26 bits per heavy atom. The van der Waals surface area contributed by atoms with Gasteiger partial charge >= 0.3 is 0 Å². The fraction of sp³-hybridized carbons (Fsp3) is 0.524. The Hall–Kier alpha value is -1.66. The molecule has 0 unspecified atom stereocenters. The first-order valence-electron chi connectivity index (χ1n) is 10.2. The number of guanidine groups is 1. The van der Waals surface area contributed by atoms with E-state index in [4.69, 9.17) is 4.52 Å². The van der Waals surface area contributed by atoms with Crippen molar-refractivity contribution in [2.45, 2.75) is 64.6 Å². The second kappa shape index (κ2) is 12.4. The van der Waals surface area contributed by atoms with E-state index in [0.29, 0.717) is 19.0 Å². The number of hydrogen-bond acceptors (Lipinski definition) is 5. The van der Waals surface area contributed by atoms with E-state index in [0.717, 1.165) is 35.4 Å². The first-order chi connectivity index (χ1) is 14.2. The molecule has 0 fully saturated rings. The molecule has 0 saturated carbocycles. The molecule has 2 rings (SSSR count). The summed E-state index contributed by atoms with van der Waals surface area (Å²) in [7, 11) is -0.174. The molecular formula is C21H34IN5O3S. The maximum Gasteiger partial charge on any atom is 0.243 e. The molecule has 0 atom stereocenters. The van der Waals surface area contributed by atoms with Gasteiger partial charge in [-0.2, -0.15) is 4.31 Å². The van der Waals surface area contributed by atoms with Crippen molar-refractivity contribution in [3.63, 3.8) is 0 Å². The molecule has 10 heteroatoms. The zero-order chi connectivity index (χ0) is 22.3. The quantitative estimate of drug-likeness (QED) is 0.276. The molecule has 0 saturated heterocycles. The lowest BCUT2D eigenvalue weighted by Gasteiger charge is -2.21. The van der Waals surface area contributed by atoms with Gasteiger partial charge in [0.15, 0.2) is 5.96 Å². The molecule has 0 amide bonds. The van der Waals surface area contributed by atoms with Gasteiger partial charge in [-0.3, -0.25) is 4.99 Å². The summed E-state index contributed by atoms with van der Waals surface area (Å²) < 4.78 is 31.9. The lowest BCUT2D eigenvalue weighted by Crippen LogP contribution is -2.36. The van der Waals surface area contributed by atoms with E-state index in [1.165, 1.54) is 4.31 Å². The Kier molecular flexibility index (Phi) is 10.9. The summed E-state index contributed by atoms with van der Waals surface area (Å²) in [6.45, 7) is 8.89. The molecule has 0 spiro atoms. The fourth-order valence-electron chi connectivity index (χ4n) is 2.94. The monoisotopic (exact) mass is 563 g/mol. The first-order valence-corrected chi connectivity index (χ1v) is 11.7. The van der Waals surface area contributed by atoms with Crippen molar-refractivity contribution in [1.82, 2.24) is 20.1 Å². The van der Waals surface area contributed by atoms with E-state index in [2.05, 4.69) is 27.7 Å². The van der Waals surface area contributed by atoms with Gasteiger partial charge in [-0.05, 0) is 38.0 Å². The minimum atomic E-state index is -3.48. The van der Waals surface area contributed by atoms with Crippen molar-refractivity contribution in [3.8, 4) is 0 Å². The molecule has 8 nitrogen and oxygen atoms in total. The molecule has 2 aromatic rings. The molecule has 0 bridgehead atoms. The van der Waals surface area contributed by atoms with Gasteiger partial charge in [0.2, 0.25) is 10.0 Å². The van der Waals surface area contributed by atoms with Crippen LogP contribution >= 0.6 is 24.0 Å². The summed E-state index contributed by atoms with van der Waals surface area (Å²) >= 11 is 0. The number of benzene rings is 1. The number of nitrogens with one attached hydrogen (secondary N) is 2. The van der Waals surface area contributed by atoms with Crippen molar-refractivity contribution < 1.29 is 12.9 Å². The van der Waals surface area contributed by atoms with Gasteiger partial charge in [0.25, 0.3) is 0 Å². The summed E-state index contributed by atoms with van der Waals surface area (Å²) in [6, 6.07) is 6.80. The van der Waals surface area contributed by atoms with Crippen LogP contribution in [0.15, 0.2) is 38.7 Å². The molecular weight excluding hydrogens is 529 g/mol. The van der Waals surface area contributed by atoms with Crippen LogP contribution < -0.4 is 10.6 Å². The highest BCUT2D eigenvalue weighted by Crippen LogP contribution is 2.17. The van der Waals surface area contributed by atoms with E-state index in [1.54, 1.807) is 26.2 Å². The predicted octanol–water partition coefficient (Wildman–Crippen LogP) is 3.31. The van der Waals surface area contributed by atoms with Gasteiger partial charge < -0.3 is 15.2 Å². The summed E-state index contributed by atoms with van der Waals surface area (Å²) in [5.74, 6) is 1.54. The van der Waals surface area contributed by atoms with Gasteiger partial charge in [-0.1, -0.05) is 31.1 Å². The number of aromatic nitrogens is 1. The van der Waals surface area contributed by atoms with Crippen molar-refractivity contribution in [2.75, 3.05) is 14.1 Å². The lowest BCUT2D eigenvalue weighted by atomic mass is 10.1. The zero-order valence-corrected chi connectivity index (χ0v) is 22.2. The van der Waals surface area contributed by atoms with Crippen LogP contribution in [0.3, 0.4) is 0 Å². The Bertz CT molecular complexity index is 934. The highest BCUT2D eigenvalue weighted by molar-refractivity contribution is 14.0. The van der Waals surface area contributed by atoms with Gasteiger partial charge in [0.05, 0.1) is 10.6 Å². The van der Waals surface area contributed by atoms with Gasteiger partial charge in [-0.15, -0.1) is 24.0 Å². The van der Waals surface area contributed by atoms with Gasteiger partial charge in [-0.25, -0.2) is 8.42 Å². The number of rotatable bonds is 9. The standard InChI is InChI=1S/C21H33N5O3S.HI/c1-7-19-18(20(8-2)29-25-19)14-24-21(22-5)23-13-16-9-11-17(12-10-16)30(27,28)26(6)15(3)4;/h9-12,15H,7-8,13-14H2,1-6H3,(H2,22,23,24);1H. The molecule has 31 heavy (non-hydrogen) atoms. The Morgan fingerprint density at radius 1 is 1.13 bits per heavy atom. The van der Waals surface area contributed by atoms with E-state index < -0.39 is 10.0 Å². The molecule has 0 aliphatic rings. The van der Waals surface area contributed by atoms with E-state index in [1.807, 2.05) is 32.9 Å². The number of aryl methyl sites for hydroxylation is 2. The molecule has 1 aromatic carbocycles. The number of nitrogens with zero attached hydrogens (tertiary/aromatic N) is 3. The number of aliphatic imine (C=N–C) groups is 1. The third kappa shape index (κ3) is 6.91. The fourth-order valence-corrected chi connectivity index (χ4v) is 4.31. The second-order valence-electron chi connectivity index (χ2n) is 7.28. The van der Waals surface area contributed by atoms with Crippen LogP contribution in [0.4, 0.5) is 0 Å². The van der Waals surface area contributed by atoms with Crippen LogP contribution in [0.5, 0.6) is 0 Å². The molecule has 1 aromatic heterocycles. The first kappa shape index (κ1) is 27.4. The Balaban J connectivity index is 0.00000480. The molecule has 0 radical (unpaired) electrons. The average Bonchev–Trinajstić information content (AvgIpc) is 3.15. The highest BCUT2D eigenvalue weighted by Gasteiger charge is 2.22.